The molecule has 7 heteroatoms. The number of para-hydroxylation sites is 1. The predicted octanol–water partition coefficient (Wildman–Crippen LogP) is 4.10. The van der Waals surface area contributed by atoms with Crippen LogP contribution in [0.2, 0.25) is 0 Å². The molecule has 4 rings (SSSR count). The molecular weight excluding hydrogens is 410 g/mol. The Morgan fingerprint density at radius 1 is 1.10 bits per heavy atom. The lowest BCUT2D eigenvalue weighted by atomic mass is 10.1. The Kier molecular flexibility index (Phi) is 6.23. The van der Waals surface area contributed by atoms with Crippen molar-refractivity contribution in [2.45, 2.75) is 25.2 Å². The van der Waals surface area contributed by atoms with E-state index in [9.17, 15) is 9.59 Å². The first kappa shape index (κ1) is 20.9. The molecule has 0 aliphatic rings. The van der Waals surface area contributed by atoms with Crippen LogP contribution in [-0.2, 0) is 17.9 Å². The summed E-state index contributed by atoms with van der Waals surface area (Å²) in [6, 6.07) is 18.9. The third kappa shape index (κ3) is 4.72. The van der Waals surface area contributed by atoms with Crippen molar-refractivity contribution < 1.29 is 9.21 Å². The predicted molar refractivity (Wildman–Crippen MR) is 122 cm³/mol. The molecule has 0 spiro atoms. The van der Waals surface area contributed by atoms with E-state index in [1.165, 1.54) is 11.8 Å². The van der Waals surface area contributed by atoms with E-state index in [2.05, 4.69) is 4.98 Å². The number of carbonyl (C=O) groups excluding carboxylic acids is 1. The van der Waals surface area contributed by atoms with Gasteiger partial charge < -0.3 is 9.32 Å². The average molecular weight is 434 g/mol. The zero-order valence-electron chi connectivity index (χ0n) is 17.4. The number of furan rings is 1. The lowest BCUT2D eigenvalue weighted by Crippen LogP contribution is -2.29. The second kappa shape index (κ2) is 9.22. The Morgan fingerprint density at radius 2 is 1.87 bits per heavy atom. The molecule has 0 aliphatic carbocycles. The van der Waals surface area contributed by atoms with Crippen LogP contribution in [0.4, 0.5) is 0 Å². The highest BCUT2D eigenvalue weighted by molar-refractivity contribution is 7.99. The van der Waals surface area contributed by atoms with Crippen LogP contribution in [0.3, 0.4) is 0 Å². The maximum atomic E-state index is 13.1. The minimum atomic E-state index is -0.148. The Hall–Kier alpha value is -3.32. The number of hydrogen-bond acceptors (Lipinski definition) is 5. The van der Waals surface area contributed by atoms with E-state index >= 15 is 0 Å². The monoisotopic (exact) mass is 433 g/mol. The minimum Gasteiger partial charge on any atom is -0.467 e. The summed E-state index contributed by atoms with van der Waals surface area (Å²) in [5.41, 5.74) is 2.73. The molecular formula is C24H23N3O3S. The second-order valence-electron chi connectivity index (χ2n) is 7.35. The summed E-state index contributed by atoms with van der Waals surface area (Å²) < 4.78 is 7.00. The molecule has 2 aromatic heterocycles. The van der Waals surface area contributed by atoms with E-state index in [1.807, 2.05) is 55.5 Å². The molecule has 1 amide bonds. The Balaban J connectivity index is 1.56. The number of carbonyl (C=O) groups is 1. The summed E-state index contributed by atoms with van der Waals surface area (Å²) in [6.07, 6.45) is 1.58. The van der Waals surface area contributed by atoms with Gasteiger partial charge >= 0.3 is 0 Å². The number of amides is 1. The molecule has 0 fully saturated rings. The van der Waals surface area contributed by atoms with Crippen LogP contribution in [0.25, 0.3) is 10.9 Å². The minimum absolute atomic E-state index is 0.0276. The van der Waals surface area contributed by atoms with Gasteiger partial charge in [-0.25, -0.2) is 4.98 Å². The molecule has 6 nitrogen and oxygen atoms in total. The molecule has 2 aromatic carbocycles. The lowest BCUT2D eigenvalue weighted by molar-refractivity contribution is -0.127. The number of nitrogens with zero attached hydrogens (tertiary/aromatic N) is 3. The Bertz CT molecular complexity index is 1260. The van der Waals surface area contributed by atoms with Gasteiger partial charge in [0.1, 0.15) is 5.76 Å². The van der Waals surface area contributed by atoms with Crippen molar-refractivity contribution in [3.05, 3.63) is 94.2 Å². The van der Waals surface area contributed by atoms with Gasteiger partial charge in [-0.3, -0.25) is 14.2 Å². The van der Waals surface area contributed by atoms with Crippen molar-refractivity contribution in [3.8, 4) is 0 Å². The molecule has 0 aliphatic heterocycles. The number of hydrogen-bond donors (Lipinski definition) is 0. The highest BCUT2D eigenvalue weighted by Gasteiger charge is 2.16. The number of aryl methyl sites for hydroxylation is 1. The standard InChI is InChI=1S/C24H23N3O3S/c1-17-8-3-4-9-18(17)14-26(2)22(28)16-31-24-25-21-12-6-5-11-20(21)23(29)27(24)15-19-10-7-13-30-19/h3-13H,14-16H2,1-2H3. The van der Waals surface area contributed by atoms with E-state index in [4.69, 9.17) is 4.42 Å². The molecule has 2 heterocycles. The van der Waals surface area contributed by atoms with Crippen molar-refractivity contribution in [3.63, 3.8) is 0 Å². The van der Waals surface area contributed by atoms with Crippen molar-refractivity contribution in [2.75, 3.05) is 12.8 Å². The third-order valence-electron chi connectivity index (χ3n) is 5.14. The summed E-state index contributed by atoms with van der Waals surface area (Å²) in [6.45, 7) is 2.84. The second-order valence-corrected chi connectivity index (χ2v) is 8.29. The molecule has 0 N–H and O–H groups in total. The summed E-state index contributed by atoms with van der Waals surface area (Å²) in [5, 5.41) is 1.04. The SMILES string of the molecule is Cc1ccccc1CN(C)C(=O)CSc1nc2ccccc2c(=O)n1Cc1ccco1. The fourth-order valence-corrected chi connectivity index (χ4v) is 4.26. The summed E-state index contributed by atoms with van der Waals surface area (Å²) in [7, 11) is 1.79. The van der Waals surface area contributed by atoms with Crippen molar-refractivity contribution in [1.29, 1.82) is 0 Å². The molecule has 0 bridgehead atoms. The molecule has 31 heavy (non-hydrogen) atoms. The fourth-order valence-electron chi connectivity index (χ4n) is 3.32. The topological polar surface area (TPSA) is 68.3 Å². The van der Waals surface area contributed by atoms with Gasteiger partial charge in [-0.1, -0.05) is 48.2 Å². The van der Waals surface area contributed by atoms with Crippen molar-refractivity contribution in [1.82, 2.24) is 14.5 Å². The van der Waals surface area contributed by atoms with E-state index in [0.29, 0.717) is 28.4 Å². The first-order valence-electron chi connectivity index (χ1n) is 9.96. The van der Waals surface area contributed by atoms with E-state index in [1.54, 1.807) is 34.9 Å². The zero-order chi connectivity index (χ0) is 21.8. The zero-order valence-corrected chi connectivity index (χ0v) is 18.3. The number of fused-ring (bicyclic) bond motifs is 1. The fraction of sp³-hybridized carbons (Fsp3) is 0.208. The van der Waals surface area contributed by atoms with Crippen molar-refractivity contribution in [2.24, 2.45) is 0 Å². The summed E-state index contributed by atoms with van der Waals surface area (Å²) in [4.78, 5) is 32.2. The number of aromatic nitrogens is 2. The van der Waals surface area contributed by atoms with E-state index < -0.39 is 0 Å². The normalized spacial score (nSPS) is 11.0. The Morgan fingerprint density at radius 3 is 2.65 bits per heavy atom. The molecule has 4 aromatic rings. The first-order valence-corrected chi connectivity index (χ1v) is 10.9. The largest absolute Gasteiger partial charge is 0.467 e. The van der Waals surface area contributed by atoms with Crippen LogP contribution in [0, 0.1) is 6.92 Å². The van der Waals surface area contributed by atoms with Crippen LogP contribution in [0.5, 0.6) is 0 Å². The van der Waals surface area contributed by atoms with Gasteiger partial charge in [0.15, 0.2) is 5.16 Å². The van der Waals surface area contributed by atoms with E-state index in [0.717, 1.165) is 11.1 Å². The van der Waals surface area contributed by atoms with Gasteiger partial charge in [0.25, 0.3) is 5.56 Å². The molecule has 0 saturated heterocycles. The molecule has 0 atom stereocenters. The van der Waals surface area contributed by atoms with Crippen LogP contribution < -0.4 is 5.56 Å². The molecule has 0 radical (unpaired) electrons. The van der Waals surface area contributed by atoms with Crippen LogP contribution in [0.15, 0.2) is 81.3 Å². The smallest absolute Gasteiger partial charge is 0.262 e. The first-order chi connectivity index (χ1) is 15.0. The van der Waals surface area contributed by atoms with Gasteiger partial charge in [-0.05, 0) is 42.3 Å². The van der Waals surface area contributed by atoms with Gasteiger partial charge in [-0.15, -0.1) is 0 Å². The quantitative estimate of drug-likeness (QED) is 0.324. The highest BCUT2D eigenvalue weighted by Crippen LogP contribution is 2.20. The molecule has 0 unspecified atom stereocenters. The van der Waals surface area contributed by atoms with Gasteiger partial charge in [0, 0.05) is 13.6 Å². The van der Waals surface area contributed by atoms with Gasteiger partial charge in [-0.2, -0.15) is 0 Å². The molecule has 158 valence electrons. The highest BCUT2D eigenvalue weighted by atomic mass is 32.2. The maximum Gasteiger partial charge on any atom is 0.262 e. The third-order valence-corrected chi connectivity index (χ3v) is 6.10. The van der Waals surface area contributed by atoms with Crippen LogP contribution in [-0.4, -0.2) is 33.2 Å². The van der Waals surface area contributed by atoms with Gasteiger partial charge in [0.05, 0.1) is 29.5 Å². The van der Waals surface area contributed by atoms with Gasteiger partial charge in [0.2, 0.25) is 5.91 Å². The lowest BCUT2D eigenvalue weighted by Gasteiger charge is -2.19. The Labute approximate surface area is 184 Å². The summed E-state index contributed by atoms with van der Waals surface area (Å²) >= 11 is 1.27. The number of rotatable bonds is 7. The summed E-state index contributed by atoms with van der Waals surface area (Å²) in [5.74, 6) is 0.815. The molecule has 0 saturated carbocycles. The number of thioether (sulfide) groups is 1. The average Bonchev–Trinajstić information content (AvgIpc) is 3.29. The number of benzene rings is 2. The van der Waals surface area contributed by atoms with Crippen LogP contribution >= 0.6 is 11.8 Å². The van der Waals surface area contributed by atoms with E-state index in [-0.39, 0.29) is 23.8 Å². The van der Waals surface area contributed by atoms with Crippen molar-refractivity contribution >= 4 is 28.6 Å². The maximum absolute atomic E-state index is 13.1. The van der Waals surface area contributed by atoms with Crippen LogP contribution in [0.1, 0.15) is 16.9 Å².